The number of nitrogens with zero attached hydrogens (tertiary/aromatic N) is 4. The second kappa shape index (κ2) is 44.7. The average molecular weight is 1640 g/mol. The highest BCUT2D eigenvalue weighted by molar-refractivity contribution is 6.00. The first-order chi connectivity index (χ1) is 56.6. The zero-order chi connectivity index (χ0) is 85.0. The molecule has 10 atom stereocenters. The minimum absolute atomic E-state index is 0.0285. The van der Waals surface area contributed by atoms with Crippen LogP contribution in [0.25, 0.3) is 10.9 Å². The number of aliphatic hydroxyl groups is 1. The van der Waals surface area contributed by atoms with E-state index in [1.807, 2.05) is 42.9 Å². The number of ketones is 1. The molecule has 11 N–H and O–H groups in total. The predicted molar refractivity (Wildman–Crippen MR) is 430 cm³/mol. The molecule has 0 saturated carbocycles. The van der Waals surface area contributed by atoms with Crippen LogP contribution in [0.4, 0.5) is 4.39 Å². The number of aliphatic hydroxyl groups excluding tert-OH is 1. The molecule has 12 bridgehead atoms. The maximum Gasteiger partial charge on any atom is 0.290 e. The molecule has 640 valence electrons. The van der Waals surface area contributed by atoms with Gasteiger partial charge in [-0.1, -0.05) is 73.5 Å². The minimum atomic E-state index is -1.85. The van der Waals surface area contributed by atoms with Crippen LogP contribution in [0.2, 0.25) is 0 Å². The topological polar surface area (TPSA) is 415 Å². The number of carboxylic acid groups (broad SMARTS) is 1. The van der Waals surface area contributed by atoms with E-state index in [0.29, 0.717) is 104 Å². The molecule has 0 unspecified atom stereocenters. The molecular weight excluding hydrogens is 1530 g/mol. The van der Waals surface area contributed by atoms with E-state index in [2.05, 4.69) is 42.5 Å². The Morgan fingerprint density at radius 3 is 2.16 bits per heavy atom. The Kier molecular flexibility index (Phi) is 34.5. The van der Waals surface area contributed by atoms with Gasteiger partial charge >= 0.3 is 0 Å². The van der Waals surface area contributed by atoms with Gasteiger partial charge in [-0.2, -0.15) is 0 Å². The molecule has 32 nitrogen and oxygen atoms in total. The van der Waals surface area contributed by atoms with Crippen LogP contribution in [0.3, 0.4) is 0 Å². The summed E-state index contributed by atoms with van der Waals surface area (Å²) in [6, 6.07) is 15.9. The van der Waals surface area contributed by atoms with Crippen molar-refractivity contribution in [2.24, 2.45) is 5.92 Å². The van der Waals surface area contributed by atoms with Crippen LogP contribution in [-0.4, -0.2) is 254 Å². The third-order valence-electron chi connectivity index (χ3n) is 22.1. The number of quaternary nitrogens is 1. The number of amides is 11. The summed E-state index contributed by atoms with van der Waals surface area (Å²) in [6.07, 6.45) is 1.11. The summed E-state index contributed by atoms with van der Waals surface area (Å²) in [4.78, 5) is 193. The van der Waals surface area contributed by atoms with Gasteiger partial charge in [-0.05, 0) is 136 Å². The Morgan fingerprint density at radius 1 is 0.720 bits per heavy atom. The number of aromatic nitrogens is 1. The Labute approximate surface area is 686 Å². The lowest BCUT2D eigenvalue weighted by Crippen LogP contribution is -3.05. The second-order valence-electron chi connectivity index (χ2n) is 31.4. The van der Waals surface area contributed by atoms with Gasteiger partial charge in [0.2, 0.25) is 65.0 Å². The lowest BCUT2D eigenvalue weighted by atomic mass is 9.88. The summed E-state index contributed by atoms with van der Waals surface area (Å²) < 4.78 is 40.9. The highest BCUT2D eigenvalue weighted by Crippen LogP contribution is 2.34. The van der Waals surface area contributed by atoms with E-state index in [0.717, 1.165) is 24.1 Å². The summed E-state index contributed by atoms with van der Waals surface area (Å²) in [5, 5.41) is 41.2. The lowest BCUT2D eigenvalue weighted by Gasteiger charge is -2.37. The molecule has 11 rings (SSSR count). The molecule has 4 aromatic carbocycles. The molecule has 0 radical (unpaired) electrons. The number of nitrogens with one attached hydrogen (secondary N) is 9. The molecule has 6 aliphatic heterocycles. The number of methoxy groups -OCH3 is 1. The molecule has 11 amide bonds. The van der Waals surface area contributed by atoms with Gasteiger partial charge in [0, 0.05) is 114 Å². The van der Waals surface area contributed by atoms with Gasteiger partial charge < -0.3 is 95.9 Å². The Hall–Kier alpha value is -10.7. The number of hydrogen-bond donors (Lipinski definition) is 11. The summed E-state index contributed by atoms with van der Waals surface area (Å²) in [7, 11) is 5.58. The van der Waals surface area contributed by atoms with Gasteiger partial charge in [-0.15, -0.1) is 0 Å². The predicted octanol–water partition coefficient (Wildman–Crippen LogP) is 1.04. The third kappa shape index (κ3) is 26.1. The maximum atomic E-state index is 16.3. The minimum Gasteiger partial charge on any atom is -0.497 e. The largest absolute Gasteiger partial charge is 0.497 e. The van der Waals surface area contributed by atoms with Gasteiger partial charge in [0.05, 0.1) is 72.4 Å². The summed E-state index contributed by atoms with van der Waals surface area (Å²) in [6.45, 7) is 5.66. The van der Waals surface area contributed by atoms with Crippen molar-refractivity contribution in [1.82, 2.24) is 61.8 Å². The SMILES string of the molecule is COc1ccc(C[C@@H]2NC(=O)[C@H]([C@@H](C)O)NC(=O)[C@@H]3[C@@H]4CCN3C(=O)[C@H]3CC(=O)[C@H](Cc5cccc(c5)CNC(=O)CO4)NC(=O)[C@@H](CNC(=O)CCOCCOCCC[NH+](C)C)NC(=O)[C@H](C)NC(=O)CCC(=O)N(CCCCCCn4cc(c5cc(F)ccc54)C3)Cc3ccc(cc3)CCNC(=O)[C@]3(C)CCCN3C2=O)cc1.O=CO. The van der Waals surface area contributed by atoms with Gasteiger partial charge in [-0.3, -0.25) is 62.3 Å². The Bertz CT molecular complexity index is 4310. The van der Waals surface area contributed by atoms with E-state index >= 15 is 33.2 Å². The van der Waals surface area contributed by atoms with Crippen LogP contribution in [0, 0.1) is 11.7 Å². The fourth-order valence-corrected chi connectivity index (χ4v) is 15.6. The molecule has 2 saturated heterocycles. The lowest BCUT2D eigenvalue weighted by molar-refractivity contribution is -0.858. The van der Waals surface area contributed by atoms with E-state index in [1.54, 1.807) is 72.6 Å². The molecule has 5 aromatic rings. The Balaban J connectivity index is 0.00000521. The van der Waals surface area contributed by atoms with Crippen LogP contribution < -0.4 is 52.2 Å². The number of aryl methyl sites for hydroxylation is 1. The number of halogens is 1. The summed E-state index contributed by atoms with van der Waals surface area (Å²) >= 11 is 0. The standard InChI is InChI=1S/C84H112FN13O17.CH2O2/c1-53-77(105)92-67(49-88-71(101)30-39-114-41-40-113-38-13-33-94(4)5)78(106)90-65-44-58-14-11-15-59(42-58)48-87-73(103)52-115-70-29-37-97-76(70)80(108)93-75(54(2)99)79(107)91-66(43-56-20-23-63(112-6)24-21-56)82(110)98-36-12-31-84(98,3)83(111)86-32-28-55-16-18-57(19-17-55)50-96(74(104)27-26-72(102)89-53)35-10-8-7-9-34-95-51-61(45-60(81(97)109)46-69(65)100)64-47-62(85)22-25-68(64)95;2-1-3/h11,14-25,42,47,51,53-54,60,65-67,70,75-76,99H,7-10,12-13,26-41,43-46,48-50,52H2,1-6H3,(H,86,111)(H,87,103)(H,88,101)(H,89,102)(H,90,106)(H,91,107)(H,92,105)(H,93,108);1H,(H,2,3)/p+1/t53-,54+,60+,65-,66-,67+,70-,75-,76-,84-;/m0./s1. The van der Waals surface area contributed by atoms with Crippen molar-refractivity contribution < 1.29 is 101 Å². The zero-order valence-corrected chi connectivity index (χ0v) is 68.2. The number of carbonyl (C=O) groups is 13. The molecule has 2 fully saturated rings. The smallest absolute Gasteiger partial charge is 0.290 e. The monoisotopic (exact) mass is 1640 g/mol. The molecule has 1 aromatic heterocycles. The van der Waals surface area contributed by atoms with E-state index in [-0.39, 0.29) is 110 Å². The van der Waals surface area contributed by atoms with E-state index < -0.39 is 150 Å². The Morgan fingerprint density at radius 2 is 1.43 bits per heavy atom. The number of ether oxygens (including phenoxy) is 4. The van der Waals surface area contributed by atoms with Crippen molar-refractivity contribution >= 4 is 88.1 Å². The van der Waals surface area contributed by atoms with Crippen molar-refractivity contribution in [1.29, 1.82) is 0 Å². The van der Waals surface area contributed by atoms with Gasteiger partial charge in [0.25, 0.3) is 6.47 Å². The quantitative estimate of drug-likeness (QED) is 0.0486. The maximum absolute atomic E-state index is 16.3. The third-order valence-corrected chi connectivity index (χ3v) is 22.1. The first-order valence-electron chi connectivity index (χ1n) is 40.8. The van der Waals surface area contributed by atoms with E-state index in [1.165, 1.54) is 47.8 Å². The van der Waals surface area contributed by atoms with Crippen LogP contribution in [0.5, 0.6) is 5.75 Å². The van der Waals surface area contributed by atoms with Crippen LogP contribution in [-0.2, 0) is 122 Å². The second-order valence-corrected chi connectivity index (χ2v) is 31.4. The average Bonchev–Trinajstić information content (AvgIpc) is 1.62. The van der Waals surface area contributed by atoms with Gasteiger partial charge in [-0.25, -0.2) is 4.39 Å². The van der Waals surface area contributed by atoms with Gasteiger partial charge in [0.1, 0.15) is 53.9 Å². The highest BCUT2D eigenvalue weighted by atomic mass is 19.1. The van der Waals surface area contributed by atoms with Crippen molar-refractivity contribution in [3.8, 4) is 5.75 Å². The number of Topliss-reactive ketones (excluding diaryl/α,β-unsaturated/α-hetero) is 1. The zero-order valence-electron chi connectivity index (χ0n) is 68.2. The number of benzene rings is 4. The first-order valence-corrected chi connectivity index (χ1v) is 40.8. The highest BCUT2D eigenvalue weighted by Gasteiger charge is 2.50. The van der Waals surface area contributed by atoms with Crippen molar-refractivity contribution in [2.45, 2.75) is 197 Å². The number of rotatable bonds is 16. The summed E-state index contributed by atoms with van der Waals surface area (Å²) in [5.41, 5.74) is 2.86. The molecule has 0 spiro atoms. The fraction of sp³-hybridized carbons (Fsp3) is 0.541. The van der Waals surface area contributed by atoms with Crippen LogP contribution in [0.15, 0.2) is 97.2 Å². The molecule has 33 heteroatoms. The molecule has 6 aliphatic rings. The molecule has 7 heterocycles. The molecular formula is C85H115FN13O19+. The van der Waals surface area contributed by atoms with Crippen molar-refractivity contribution in [2.75, 3.05) is 93.5 Å². The number of hydrogen-bond acceptors (Lipinski definition) is 18. The van der Waals surface area contributed by atoms with Crippen LogP contribution in [0.1, 0.15) is 131 Å². The van der Waals surface area contributed by atoms with E-state index in [4.69, 9.17) is 28.8 Å². The first kappa shape index (κ1) is 91.2. The van der Waals surface area contributed by atoms with Crippen molar-refractivity contribution in [3.05, 3.63) is 136 Å². The fourth-order valence-electron chi connectivity index (χ4n) is 15.6. The van der Waals surface area contributed by atoms with Crippen LogP contribution >= 0.6 is 0 Å². The van der Waals surface area contributed by atoms with E-state index in [9.17, 15) is 33.9 Å². The summed E-state index contributed by atoms with van der Waals surface area (Å²) in [5.74, 6) is -10.2. The number of fused-ring (bicyclic) bond motifs is 16. The van der Waals surface area contributed by atoms with Crippen molar-refractivity contribution in [3.63, 3.8) is 0 Å². The number of carbonyl (C=O) groups excluding carboxylic acids is 12. The van der Waals surface area contributed by atoms with Gasteiger partial charge in [0.15, 0.2) is 5.78 Å². The normalized spacial score (nSPS) is 24.0. The molecule has 0 aliphatic carbocycles. The molecule has 118 heavy (non-hydrogen) atoms.